The van der Waals surface area contributed by atoms with Gasteiger partial charge in [0.15, 0.2) is 0 Å². The Kier molecular flexibility index (Phi) is 6.27. The van der Waals surface area contributed by atoms with E-state index in [9.17, 15) is 0 Å². The van der Waals surface area contributed by atoms with E-state index in [1.165, 1.54) is 12.0 Å². The Morgan fingerprint density at radius 1 is 1.53 bits per heavy atom. The predicted molar refractivity (Wildman–Crippen MR) is 70.6 cm³/mol. The van der Waals surface area contributed by atoms with E-state index in [1.807, 2.05) is 0 Å². The van der Waals surface area contributed by atoms with Gasteiger partial charge in [0.2, 0.25) is 0 Å². The van der Waals surface area contributed by atoms with E-state index in [0.717, 1.165) is 19.4 Å². The Labute approximate surface area is 97.3 Å². The van der Waals surface area contributed by atoms with Gasteiger partial charge in [0.1, 0.15) is 0 Å². The molecule has 15 heavy (non-hydrogen) atoms. The zero-order chi connectivity index (χ0) is 12.1. The van der Waals surface area contributed by atoms with Gasteiger partial charge in [0.25, 0.3) is 0 Å². The molecule has 0 aliphatic rings. The van der Waals surface area contributed by atoms with E-state index in [4.69, 9.17) is 7.85 Å². The Balaban J connectivity index is 4.51. The zero-order valence-electron chi connectivity index (χ0n) is 11.1. The van der Waals surface area contributed by atoms with Gasteiger partial charge in [0, 0.05) is 5.54 Å². The second kappa shape index (κ2) is 6.37. The van der Waals surface area contributed by atoms with Crippen LogP contribution in [0.3, 0.4) is 0 Å². The standard InChI is InChI=1S/C13H26BN/c1-7-10-15(6)13(5,11(2)3)9-8-12(4)14/h12H,2,7-10H2,1,3-6H3. The highest BCUT2D eigenvalue weighted by atomic mass is 15.2. The fourth-order valence-corrected chi connectivity index (χ4v) is 1.82. The second-order valence-electron chi connectivity index (χ2n) is 4.99. The molecular weight excluding hydrogens is 181 g/mol. The van der Waals surface area contributed by atoms with Gasteiger partial charge in [-0.2, -0.15) is 0 Å². The molecule has 0 N–H and O–H groups in total. The smallest absolute Gasteiger partial charge is 0.0695 e. The summed E-state index contributed by atoms with van der Waals surface area (Å²) in [6.45, 7) is 13.9. The van der Waals surface area contributed by atoms with Crippen molar-refractivity contribution in [3.8, 4) is 0 Å². The first-order valence-electron chi connectivity index (χ1n) is 5.97. The van der Waals surface area contributed by atoms with E-state index in [0.29, 0.717) is 0 Å². The fraction of sp³-hybridized carbons (Fsp3) is 0.846. The number of nitrogens with zero attached hydrogens (tertiary/aromatic N) is 1. The second-order valence-corrected chi connectivity index (χ2v) is 4.99. The molecule has 2 heteroatoms. The van der Waals surface area contributed by atoms with E-state index in [1.54, 1.807) is 0 Å². The number of hydrogen-bond acceptors (Lipinski definition) is 1. The molecule has 2 atom stereocenters. The quantitative estimate of drug-likeness (QED) is 0.456. The highest BCUT2D eigenvalue weighted by Crippen LogP contribution is 2.29. The van der Waals surface area contributed by atoms with E-state index < -0.39 is 0 Å². The van der Waals surface area contributed by atoms with Crippen LogP contribution >= 0.6 is 0 Å². The van der Waals surface area contributed by atoms with Crippen LogP contribution in [0.5, 0.6) is 0 Å². The number of likely N-dealkylation sites (N-methyl/N-ethyl adjacent to an activating group) is 1. The molecule has 0 aliphatic heterocycles. The minimum absolute atomic E-state index is 0.101. The van der Waals surface area contributed by atoms with Gasteiger partial charge in [-0.3, -0.25) is 4.90 Å². The van der Waals surface area contributed by atoms with Crippen molar-refractivity contribution in [2.45, 2.75) is 58.3 Å². The Morgan fingerprint density at radius 3 is 2.40 bits per heavy atom. The van der Waals surface area contributed by atoms with Gasteiger partial charge in [-0.15, -0.1) is 0 Å². The summed E-state index contributed by atoms with van der Waals surface area (Å²) in [5, 5.41) is 0. The van der Waals surface area contributed by atoms with Crippen molar-refractivity contribution in [1.29, 1.82) is 0 Å². The van der Waals surface area contributed by atoms with Gasteiger partial charge in [-0.1, -0.05) is 38.2 Å². The van der Waals surface area contributed by atoms with Gasteiger partial charge < -0.3 is 0 Å². The summed E-state index contributed by atoms with van der Waals surface area (Å²) in [7, 11) is 8.01. The summed E-state index contributed by atoms with van der Waals surface area (Å²) in [6, 6.07) is 0. The van der Waals surface area contributed by atoms with Crippen LogP contribution < -0.4 is 0 Å². The van der Waals surface area contributed by atoms with E-state index >= 15 is 0 Å². The topological polar surface area (TPSA) is 3.24 Å². The summed E-state index contributed by atoms with van der Waals surface area (Å²) in [6.07, 6.45) is 3.32. The molecule has 0 aromatic rings. The third-order valence-corrected chi connectivity index (χ3v) is 3.41. The van der Waals surface area contributed by atoms with Gasteiger partial charge in [-0.05, 0) is 40.3 Å². The summed E-state index contributed by atoms with van der Waals surface area (Å²) in [5.41, 5.74) is 1.34. The Morgan fingerprint density at radius 2 is 2.07 bits per heavy atom. The van der Waals surface area contributed by atoms with Crippen LogP contribution in [0, 0.1) is 0 Å². The van der Waals surface area contributed by atoms with E-state index in [2.05, 4.69) is 46.2 Å². The summed E-state index contributed by atoms with van der Waals surface area (Å²) in [4.78, 5) is 2.40. The lowest BCUT2D eigenvalue weighted by atomic mass is 9.78. The molecule has 0 aromatic carbocycles. The van der Waals surface area contributed by atoms with E-state index in [-0.39, 0.29) is 11.4 Å². The lowest BCUT2D eigenvalue weighted by molar-refractivity contribution is 0.160. The van der Waals surface area contributed by atoms with Crippen LogP contribution in [-0.4, -0.2) is 31.9 Å². The molecule has 0 fully saturated rings. The van der Waals surface area contributed by atoms with Crippen LogP contribution in [0.15, 0.2) is 12.2 Å². The maximum Gasteiger partial charge on any atom is 0.0695 e. The molecule has 0 bridgehead atoms. The van der Waals surface area contributed by atoms with Crippen LogP contribution in [0.1, 0.15) is 47.0 Å². The maximum absolute atomic E-state index is 5.83. The molecule has 1 nitrogen and oxygen atoms in total. The lowest BCUT2D eigenvalue weighted by Crippen LogP contribution is -2.45. The highest BCUT2D eigenvalue weighted by Gasteiger charge is 2.29. The van der Waals surface area contributed by atoms with Crippen molar-refractivity contribution in [3.05, 3.63) is 12.2 Å². The average Bonchev–Trinajstić information content (AvgIpc) is 2.14. The predicted octanol–water partition coefficient (Wildman–Crippen LogP) is 3.42. The normalized spacial score (nSPS) is 17.5. The van der Waals surface area contributed by atoms with Crippen LogP contribution in [0.4, 0.5) is 0 Å². The minimum Gasteiger partial charge on any atom is -0.297 e. The van der Waals surface area contributed by atoms with Crippen molar-refractivity contribution in [2.24, 2.45) is 0 Å². The molecule has 86 valence electrons. The summed E-state index contributed by atoms with van der Waals surface area (Å²) < 4.78 is 0. The fourth-order valence-electron chi connectivity index (χ4n) is 1.82. The third-order valence-electron chi connectivity index (χ3n) is 3.41. The van der Waals surface area contributed by atoms with Crippen molar-refractivity contribution < 1.29 is 0 Å². The molecule has 0 saturated heterocycles. The Hall–Kier alpha value is -0.235. The van der Waals surface area contributed by atoms with Crippen molar-refractivity contribution >= 4 is 7.85 Å². The molecule has 0 spiro atoms. The van der Waals surface area contributed by atoms with Gasteiger partial charge >= 0.3 is 0 Å². The van der Waals surface area contributed by atoms with Crippen molar-refractivity contribution in [3.63, 3.8) is 0 Å². The van der Waals surface area contributed by atoms with Gasteiger partial charge in [-0.25, -0.2) is 0 Å². The molecule has 2 unspecified atom stereocenters. The molecule has 0 aromatic heterocycles. The average molecular weight is 207 g/mol. The summed E-state index contributed by atoms with van der Waals surface area (Å²) >= 11 is 0. The van der Waals surface area contributed by atoms with Crippen LogP contribution in [0.2, 0.25) is 5.82 Å². The largest absolute Gasteiger partial charge is 0.297 e. The minimum atomic E-state index is 0.101. The van der Waals surface area contributed by atoms with Crippen molar-refractivity contribution in [1.82, 2.24) is 4.90 Å². The third kappa shape index (κ3) is 4.42. The van der Waals surface area contributed by atoms with Gasteiger partial charge in [0.05, 0.1) is 7.85 Å². The first-order valence-corrected chi connectivity index (χ1v) is 5.97. The molecule has 0 amide bonds. The molecule has 0 rings (SSSR count). The first kappa shape index (κ1) is 14.8. The molecule has 0 aliphatic carbocycles. The monoisotopic (exact) mass is 207 g/mol. The van der Waals surface area contributed by atoms with Crippen molar-refractivity contribution in [2.75, 3.05) is 13.6 Å². The Bertz CT molecular complexity index is 201. The highest BCUT2D eigenvalue weighted by molar-refractivity contribution is 6.11. The number of hydrogen-bond donors (Lipinski definition) is 0. The molecular formula is C13H26BN. The summed E-state index contributed by atoms with van der Waals surface area (Å²) in [5.74, 6) is 0.277. The first-order chi connectivity index (χ1) is 6.84. The van der Waals surface area contributed by atoms with Crippen LogP contribution in [-0.2, 0) is 0 Å². The maximum atomic E-state index is 5.83. The SMILES string of the molecule is [B]C(C)CCC(C)(C(=C)C)N(C)CCC. The zero-order valence-corrected chi connectivity index (χ0v) is 11.1. The molecule has 0 heterocycles. The van der Waals surface area contributed by atoms with Crippen LogP contribution in [0.25, 0.3) is 0 Å². The molecule has 0 saturated carbocycles. The number of rotatable bonds is 7. The molecule has 2 radical (unpaired) electrons. The lowest BCUT2D eigenvalue weighted by Gasteiger charge is -2.40.